The number of hydrogen-bond donors (Lipinski definition) is 0. The fraction of sp³-hybridized carbons (Fsp3) is 0.222. The molecular weight excluding hydrogens is 195 g/mol. The van der Waals surface area contributed by atoms with Crippen LogP contribution in [0.5, 0.6) is 0 Å². The second kappa shape index (κ2) is 3.69. The summed E-state index contributed by atoms with van der Waals surface area (Å²) >= 11 is 0. The van der Waals surface area contributed by atoms with Crippen molar-refractivity contribution in [3.63, 3.8) is 0 Å². The lowest BCUT2D eigenvalue weighted by atomic mass is 10.3. The van der Waals surface area contributed by atoms with Gasteiger partial charge in [0.05, 0.1) is 0 Å². The molecule has 2 nitrogen and oxygen atoms in total. The van der Waals surface area contributed by atoms with E-state index in [9.17, 15) is 18.0 Å². The van der Waals surface area contributed by atoms with Gasteiger partial charge in [0.15, 0.2) is 0 Å². The normalized spacial score (nSPS) is 11.1. The highest BCUT2D eigenvalue weighted by atomic mass is 19.4. The van der Waals surface area contributed by atoms with Crippen LogP contribution in [-0.4, -0.2) is 19.1 Å². The predicted molar refractivity (Wildman–Crippen MR) is 45.9 cm³/mol. The summed E-state index contributed by atoms with van der Waals surface area (Å²) < 4.78 is 36.0. The Morgan fingerprint density at radius 2 is 1.71 bits per heavy atom. The number of hydrogen-bond acceptors (Lipinski definition) is 1. The first-order valence-corrected chi connectivity index (χ1v) is 3.83. The first-order chi connectivity index (χ1) is 6.43. The molecule has 5 heteroatoms. The number of carbonyl (C=O) groups excluding carboxylic acids is 1. The molecule has 0 aliphatic rings. The largest absolute Gasteiger partial charge is 0.471 e. The maximum Gasteiger partial charge on any atom is 0.471 e. The predicted octanol–water partition coefficient (Wildman–Crippen LogP) is 2.21. The maximum atomic E-state index is 12.0. The molecule has 0 aromatic heterocycles. The Bertz CT molecular complexity index is 321. The van der Waals surface area contributed by atoms with Gasteiger partial charge < -0.3 is 4.90 Å². The molecule has 0 bridgehead atoms. The van der Waals surface area contributed by atoms with Crippen LogP contribution in [0.15, 0.2) is 30.3 Å². The average Bonchev–Trinajstić information content (AvgIpc) is 2.15. The van der Waals surface area contributed by atoms with Crippen molar-refractivity contribution in [1.29, 1.82) is 0 Å². The second-order valence-electron chi connectivity index (χ2n) is 2.70. The van der Waals surface area contributed by atoms with Gasteiger partial charge in [-0.1, -0.05) is 18.2 Å². The molecule has 0 saturated carbocycles. The minimum Gasteiger partial charge on any atom is -0.308 e. The zero-order valence-electron chi connectivity index (χ0n) is 7.38. The van der Waals surface area contributed by atoms with Gasteiger partial charge in [0.2, 0.25) is 0 Å². The van der Waals surface area contributed by atoms with Gasteiger partial charge in [0.1, 0.15) is 0 Å². The van der Waals surface area contributed by atoms with E-state index in [4.69, 9.17) is 0 Å². The van der Waals surface area contributed by atoms with Gasteiger partial charge in [-0.3, -0.25) is 4.79 Å². The Morgan fingerprint density at radius 3 is 2.14 bits per heavy atom. The van der Waals surface area contributed by atoms with E-state index < -0.39 is 12.1 Å². The van der Waals surface area contributed by atoms with Crippen molar-refractivity contribution in [2.75, 3.05) is 11.9 Å². The summed E-state index contributed by atoms with van der Waals surface area (Å²) in [4.78, 5) is 11.3. The zero-order valence-corrected chi connectivity index (χ0v) is 7.38. The third-order valence-electron chi connectivity index (χ3n) is 1.69. The van der Waals surface area contributed by atoms with Crippen molar-refractivity contribution in [2.45, 2.75) is 6.18 Å². The lowest BCUT2D eigenvalue weighted by Gasteiger charge is -2.18. The number of anilines is 1. The third-order valence-corrected chi connectivity index (χ3v) is 1.69. The SMILES string of the molecule is CN(C(=O)C(F)(F)F)c1ccccc1. The fourth-order valence-corrected chi connectivity index (χ4v) is 0.959. The minimum atomic E-state index is -4.83. The molecule has 0 fully saturated rings. The molecule has 0 saturated heterocycles. The first-order valence-electron chi connectivity index (χ1n) is 3.83. The van der Waals surface area contributed by atoms with Gasteiger partial charge in [-0.05, 0) is 12.1 Å². The van der Waals surface area contributed by atoms with E-state index >= 15 is 0 Å². The smallest absolute Gasteiger partial charge is 0.308 e. The summed E-state index contributed by atoms with van der Waals surface area (Å²) in [5.74, 6) is -1.87. The number of halogens is 3. The van der Waals surface area contributed by atoms with Gasteiger partial charge in [-0.25, -0.2) is 0 Å². The van der Waals surface area contributed by atoms with Crippen LogP contribution in [0.3, 0.4) is 0 Å². The number of carbonyl (C=O) groups is 1. The van der Waals surface area contributed by atoms with Crippen LogP contribution >= 0.6 is 0 Å². The number of para-hydroxylation sites is 1. The van der Waals surface area contributed by atoms with E-state index in [2.05, 4.69) is 0 Å². The molecule has 0 radical (unpaired) electrons. The highest BCUT2D eigenvalue weighted by Crippen LogP contribution is 2.21. The van der Waals surface area contributed by atoms with E-state index in [-0.39, 0.29) is 5.69 Å². The van der Waals surface area contributed by atoms with Crippen LogP contribution in [0, 0.1) is 0 Å². The Morgan fingerprint density at radius 1 is 1.21 bits per heavy atom. The summed E-state index contributed by atoms with van der Waals surface area (Å²) in [7, 11) is 1.09. The van der Waals surface area contributed by atoms with Gasteiger partial charge >= 0.3 is 12.1 Å². The molecule has 1 aromatic carbocycles. The lowest BCUT2D eigenvalue weighted by molar-refractivity contribution is -0.170. The van der Waals surface area contributed by atoms with Crippen LogP contribution in [-0.2, 0) is 4.79 Å². The lowest BCUT2D eigenvalue weighted by Crippen LogP contribution is -2.38. The molecule has 0 aliphatic carbocycles. The molecule has 0 heterocycles. The Balaban J connectivity index is 2.87. The van der Waals surface area contributed by atoms with Gasteiger partial charge in [0, 0.05) is 12.7 Å². The minimum absolute atomic E-state index is 0.217. The first kappa shape index (κ1) is 10.6. The quantitative estimate of drug-likeness (QED) is 0.685. The molecule has 1 aromatic rings. The van der Waals surface area contributed by atoms with Crippen LogP contribution in [0.2, 0.25) is 0 Å². The van der Waals surface area contributed by atoms with Crippen molar-refractivity contribution in [2.24, 2.45) is 0 Å². The van der Waals surface area contributed by atoms with Gasteiger partial charge in [-0.2, -0.15) is 13.2 Å². The van der Waals surface area contributed by atoms with E-state index in [1.807, 2.05) is 0 Å². The zero-order chi connectivity index (χ0) is 10.8. The molecule has 76 valence electrons. The van der Waals surface area contributed by atoms with E-state index in [1.54, 1.807) is 18.2 Å². The molecule has 0 N–H and O–H groups in total. The van der Waals surface area contributed by atoms with Crippen LogP contribution in [0.25, 0.3) is 0 Å². The number of rotatable bonds is 1. The monoisotopic (exact) mass is 203 g/mol. The summed E-state index contributed by atoms with van der Waals surface area (Å²) in [6, 6.07) is 7.66. The fourth-order valence-electron chi connectivity index (χ4n) is 0.959. The second-order valence-corrected chi connectivity index (χ2v) is 2.70. The highest BCUT2D eigenvalue weighted by Gasteiger charge is 2.41. The van der Waals surface area contributed by atoms with Crippen molar-refractivity contribution < 1.29 is 18.0 Å². The molecule has 1 rings (SSSR count). The maximum absolute atomic E-state index is 12.0. The number of alkyl halides is 3. The summed E-state index contributed by atoms with van der Waals surface area (Å²) in [5.41, 5.74) is 0.217. The van der Waals surface area contributed by atoms with E-state index in [0.717, 1.165) is 7.05 Å². The van der Waals surface area contributed by atoms with E-state index in [0.29, 0.717) is 4.90 Å². The molecule has 0 aliphatic heterocycles. The van der Waals surface area contributed by atoms with Crippen molar-refractivity contribution in [3.8, 4) is 0 Å². The topological polar surface area (TPSA) is 20.3 Å². The van der Waals surface area contributed by atoms with Crippen LogP contribution in [0.1, 0.15) is 0 Å². The number of benzene rings is 1. The molecule has 0 spiro atoms. The number of nitrogens with zero attached hydrogens (tertiary/aromatic N) is 1. The molecule has 0 atom stereocenters. The molecular formula is C9H8F3NO. The third kappa shape index (κ3) is 2.25. The van der Waals surface area contributed by atoms with Crippen molar-refractivity contribution in [1.82, 2.24) is 0 Å². The standard InChI is InChI=1S/C9H8F3NO/c1-13(8(14)9(10,11)12)7-5-3-2-4-6-7/h2-6H,1H3. The van der Waals surface area contributed by atoms with Gasteiger partial charge in [-0.15, -0.1) is 0 Å². The Hall–Kier alpha value is -1.52. The highest BCUT2D eigenvalue weighted by molar-refractivity contribution is 5.96. The molecule has 0 unspecified atom stereocenters. The Labute approximate surface area is 78.9 Å². The van der Waals surface area contributed by atoms with Crippen LogP contribution in [0.4, 0.5) is 18.9 Å². The van der Waals surface area contributed by atoms with Crippen molar-refractivity contribution >= 4 is 11.6 Å². The van der Waals surface area contributed by atoms with E-state index in [1.165, 1.54) is 12.1 Å². The molecule has 14 heavy (non-hydrogen) atoms. The Kier molecular flexibility index (Phi) is 2.78. The van der Waals surface area contributed by atoms with Crippen molar-refractivity contribution in [3.05, 3.63) is 30.3 Å². The molecule has 1 amide bonds. The summed E-state index contributed by atoms with van der Waals surface area (Å²) in [6.07, 6.45) is -4.83. The van der Waals surface area contributed by atoms with Gasteiger partial charge in [0.25, 0.3) is 0 Å². The average molecular weight is 203 g/mol. The summed E-state index contributed by atoms with van der Waals surface area (Å²) in [6.45, 7) is 0. The number of amides is 1. The van der Waals surface area contributed by atoms with Crippen LogP contribution < -0.4 is 4.90 Å². The summed E-state index contributed by atoms with van der Waals surface area (Å²) in [5, 5.41) is 0.